The van der Waals surface area contributed by atoms with E-state index in [9.17, 15) is 10.2 Å². The molecule has 1 aromatic rings. The molecule has 0 amide bonds. The first-order valence-electron chi connectivity index (χ1n) is 8.75. The van der Waals surface area contributed by atoms with E-state index in [4.69, 9.17) is 5.53 Å². The van der Waals surface area contributed by atoms with Gasteiger partial charge < -0.3 is 10.2 Å². The minimum absolute atomic E-state index is 0.173. The first-order valence-corrected chi connectivity index (χ1v) is 8.75. The van der Waals surface area contributed by atoms with Crippen molar-refractivity contribution in [2.45, 2.75) is 77.9 Å². The van der Waals surface area contributed by atoms with Crippen LogP contribution in [0.2, 0.25) is 0 Å². The van der Waals surface area contributed by atoms with Gasteiger partial charge in [-0.25, -0.2) is 0 Å². The summed E-state index contributed by atoms with van der Waals surface area (Å²) in [7, 11) is 0. The van der Waals surface area contributed by atoms with Gasteiger partial charge in [-0.3, -0.25) is 0 Å². The highest BCUT2D eigenvalue weighted by atomic mass is 16.3. The van der Waals surface area contributed by atoms with Gasteiger partial charge in [-0.2, -0.15) is 0 Å². The van der Waals surface area contributed by atoms with Crippen LogP contribution >= 0.6 is 0 Å². The Morgan fingerprint density at radius 2 is 1.46 bits per heavy atom. The average Bonchev–Trinajstić information content (AvgIpc) is 2.52. The Bertz CT molecular complexity index is 561. The summed E-state index contributed by atoms with van der Waals surface area (Å²) in [4.78, 5) is 2.69. The molecule has 0 saturated heterocycles. The van der Waals surface area contributed by atoms with Crippen LogP contribution in [0.15, 0.2) is 17.2 Å². The Kier molecular flexibility index (Phi) is 7.74. The topological polar surface area (TPSA) is 89.2 Å². The molecule has 0 radical (unpaired) electrons. The van der Waals surface area contributed by atoms with Crippen molar-refractivity contribution in [1.82, 2.24) is 0 Å². The quantitative estimate of drug-likeness (QED) is 0.391. The maximum absolute atomic E-state index is 10.8. The number of hydrogen-bond donors (Lipinski definition) is 2. The molecule has 134 valence electrons. The second-order valence-corrected chi connectivity index (χ2v) is 7.33. The number of hydrogen-bond acceptors (Lipinski definition) is 3. The van der Waals surface area contributed by atoms with Crippen LogP contribution in [0.1, 0.15) is 94.1 Å². The van der Waals surface area contributed by atoms with E-state index < -0.39 is 12.2 Å². The first kappa shape index (κ1) is 20.5. The lowest BCUT2D eigenvalue weighted by Crippen LogP contribution is -2.23. The molecule has 0 heterocycles. The SMILES string of the molecule is CC(C)c1cc(C(C)C)c(C(O)C(O)CCN=[N+]=[N-])c(C(C)C)c1. The van der Waals surface area contributed by atoms with Crippen LogP contribution in [0.25, 0.3) is 10.4 Å². The Labute approximate surface area is 145 Å². The van der Waals surface area contributed by atoms with E-state index in [0.29, 0.717) is 5.92 Å². The zero-order chi connectivity index (χ0) is 18.4. The molecule has 5 heteroatoms. The van der Waals surface area contributed by atoms with Crippen molar-refractivity contribution in [3.63, 3.8) is 0 Å². The van der Waals surface area contributed by atoms with E-state index in [1.807, 2.05) is 0 Å². The molecule has 0 fully saturated rings. The molecule has 0 saturated carbocycles. The smallest absolute Gasteiger partial charge is 0.105 e. The van der Waals surface area contributed by atoms with Crippen LogP contribution in [0.4, 0.5) is 0 Å². The van der Waals surface area contributed by atoms with Gasteiger partial charge in [0.15, 0.2) is 0 Å². The average molecular weight is 333 g/mol. The molecule has 0 spiro atoms. The normalized spacial score (nSPS) is 14.1. The molecule has 0 bridgehead atoms. The summed E-state index contributed by atoms with van der Waals surface area (Å²) in [5.74, 6) is 0.895. The van der Waals surface area contributed by atoms with E-state index >= 15 is 0 Å². The summed E-state index contributed by atoms with van der Waals surface area (Å²) in [6.45, 7) is 12.9. The van der Waals surface area contributed by atoms with Crippen LogP contribution in [-0.4, -0.2) is 22.9 Å². The zero-order valence-corrected chi connectivity index (χ0v) is 15.7. The Morgan fingerprint density at radius 3 is 1.83 bits per heavy atom. The van der Waals surface area contributed by atoms with Gasteiger partial charge in [0.05, 0.1) is 6.10 Å². The summed E-state index contributed by atoms with van der Waals surface area (Å²) < 4.78 is 0. The number of nitrogens with zero attached hydrogens (tertiary/aromatic N) is 3. The number of aliphatic hydroxyl groups is 2. The number of aliphatic hydroxyl groups excluding tert-OH is 2. The number of benzene rings is 1. The largest absolute Gasteiger partial charge is 0.390 e. The molecular formula is C19H31N3O2. The summed E-state index contributed by atoms with van der Waals surface area (Å²) in [6.07, 6.45) is -1.68. The van der Waals surface area contributed by atoms with Crippen molar-refractivity contribution < 1.29 is 10.2 Å². The van der Waals surface area contributed by atoms with Crippen molar-refractivity contribution in [1.29, 1.82) is 0 Å². The molecule has 2 atom stereocenters. The third kappa shape index (κ3) is 4.97. The first-order chi connectivity index (χ1) is 11.2. The highest BCUT2D eigenvalue weighted by molar-refractivity contribution is 5.45. The van der Waals surface area contributed by atoms with E-state index in [-0.39, 0.29) is 24.8 Å². The highest BCUT2D eigenvalue weighted by Crippen LogP contribution is 2.37. The Hall–Kier alpha value is -1.55. The lowest BCUT2D eigenvalue weighted by atomic mass is 9.81. The van der Waals surface area contributed by atoms with Crippen molar-refractivity contribution in [2.24, 2.45) is 5.11 Å². The van der Waals surface area contributed by atoms with Gasteiger partial charge in [0.2, 0.25) is 0 Å². The fourth-order valence-corrected chi connectivity index (χ4v) is 2.94. The van der Waals surface area contributed by atoms with Gasteiger partial charge >= 0.3 is 0 Å². The van der Waals surface area contributed by atoms with Gasteiger partial charge in [0.1, 0.15) is 6.10 Å². The van der Waals surface area contributed by atoms with Gasteiger partial charge in [-0.1, -0.05) is 58.8 Å². The maximum Gasteiger partial charge on any atom is 0.105 e. The Morgan fingerprint density at radius 1 is 0.958 bits per heavy atom. The number of azide groups is 1. The van der Waals surface area contributed by atoms with E-state index in [2.05, 4.69) is 63.7 Å². The van der Waals surface area contributed by atoms with Crippen molar-refractivity contribution >= 4 is 0 Å². The van der Waals surface area contributed by atoms with Crippen LogP contribution in [-0.2, 0) is 0 Å². The number of rotatable bonds is 8. The second-order valence-electron chi connectivity index (χ2n) is 7.33. The summed E-state index contributed by atoms with van der Waals surface area (Å²) in [5, 5.41) is 24.6. The van der Waals surface area contributed by atoms with Crippen molar-refractivity contribution in [3.8, 4) is 0 Å². The minimum atomic E-state index is -0.977. The molecule has 0 aromatic heterocycles. The second kappa shape index (κ2) is 9.07. The molecular weight excluding hydrogens is 302 g/mol. The third-order valence-electron chi connectivity index (χ3n) is 4.43. The van der Waals surface area contributed by atoms with Gasteiger partial charge in [0, 0.05) is 11.5 Å². The summed E-state index contributed by atoms with van der Waals surface area (Å²) in [5.41, 5.74) is 12.6. The van der Waals surface area contributed by atoms with Crippen molar-refractivity contribution in [2.75, 3.05) is 6.54 Å². The van der Waals surface area contributed by atoms with Gasteiger partial charge in [0.25, 0.3) is 0 Å². The monoisotopic (exact) mass is 333 g/mol. The molecule has 1 aromatic carbocycles. The van der Waals surface area contributed by atoms with Gasteiger partial charge in [-0.05, 0) is 52.0 Å². The molecule has 2 unspecified atom stereocenters. The Balaban J connectivity index is 3.39. The fraction of sp³-hybridized carbons (Fsp3) is 0.684. The van der Waals surface area contributed by atoms with Crippen molar-refractivity contribution in [3.05, 3.63) is 44.8 Å². The maximum atomic E-state index is 10.8. The highest BCUT2D eigenvalue weighted by Gasteiger charge is 2.26. The minimum Gasteiger partial charge on any atom is -0.390 e. The zero-order valence-electron chi connectivity index (χ0n) is 15.7. The fourth-order valence-electron chi connectivity index (χ4n) is 2.94. The molecule has 0 aliphatic rings. The standard InChI is InChI=1S/C19H31N3O2/c1-11(2)14-9-15(12(3)4)18(16(10-14)13(5)6)19(24)17(23)7-8-21-22-20/h9-13,17,19,23-24H,7-8H2,1-6H3. The van der Waals surface area contributed by atoms with Crippen LogP contribution in [0, 0.1) is 0 Å². The molecule has 1 rings (SSSR count). The lowest BCUT2D eigenvalue weighted by molar-refractivity contribution is 0.0137. The molecule has 0 aliphatic carbocycles. The summed E-state index contributed by atoms with van der Waals surface area (Å²) in [6, 6.07) is 4.31. The van der Waals surface area contributed by atoms with Gasteiger partial charge in [-0.15, -0.1) is 0 Å². The lowest BCUT2D eigenvalue weighted by Gasteiger charge is -2.28. The molecule has 5 nitrogen and oxygen atoms in total. The summed E-state index contributed by atoms with van der Waals surface area (Å²) >= 11 is 0. The third-order valence-corrected chi connectivity index (χ3v) is 4.43. The van der Waals surface area contributed by atoms with E-state index in [0.717, 1.165) is 16.7 Å². The van der Waals surface area contributed by atoms with E-state index in [1.54, 1.807) is 0 Å². The molecule has 0 aliphatic heterocycles. The molecule has 2 N–H and O–H groups in total. The van der Waals surface area contributed by atoms with Crippen LogP contribution < -0.4 is 0 Å². The molecule has 24 heavy (non-hydrogen) atoms. The van der Waals surface area contributed by atoms with E-state index in [1.165, 1.54) is 5.56 Å². The van der Waals surface area contributed by atoms with Crippen LogP contribution in [0.3, 0.4) is 0 Å². The predicted octanol–water partition coefficient (Wildman–Crippen LogP) is 5.15. The van der Waals surface area contributed by atoms with Crippen LogP contribution in [0.5, 0.6) is 0 Å². The predicted molar refractivity (Wildman–Crippen MR) is 98.3 cm³/mol.